The highest BCUT2D eigenvalue weighted by Crippen LogP contribution is 2.32. The van der Waals surface area contributed by atoms with Crippen LogP contribution in [0.3, 0.4) is 0 Å². The van der Waals surface area contributed by atoms with Crippen LogP contribution in [0.25, 0.3) is 21.9 Å². The summed E-state index contributed by atoms with van der Waals surface area (Å²) in [6.45, 7) is 4.10. The fourth-order valence-electron chi connectivity index (χ4n) is 3.00. The summed E-state index contributed by atoms with van der Waals surface area (Å²) in [6, 6.07) is 13.1. The Labute approximate surface area is 141 Å². The average Bonchev–Trinajstić information content (AvgIpc) is 3.42. The maximum atomic E-state index is 13.6. The van der Waals surface area contributed by atoms with Crippen LogP contribution in [-0.2, 0) is 0 Å². The van der Waals surface area contributed by atoms with Crippen LogP contribution in [0.15, 0.2) is 59.9 Å². The molecule has 1 N–H and O–H groups in total. The van der Waals surface area contributed by atoms with Crippen molar-refractivity contribution in [1.29, 1.82) is 0 Å². The van der Waals surface area contributed by atoms with E-state index in [1.54, 1.807) is 6.07 Å². The molecule has 0 atom stereocenters. The van der Waals surface area contributed by atoms with E-state index in [-0.39, 0.29) is 5.82 Å². The fraction of sp³-hybridized carbons (Fsp3) is 0.190. The van der Waals surface area contributed by atoms with Crippen LogP contribution < -0.4 is 5.32 Å². The molecule has 3 aromatic rings. The molecule has 1 aromatic heterocycles. The number of rotatable bonds is 3. The summed E-state index contributed by atoms with van der Waals surface area (Å²) in [5.74, 6) is 0.658. The third-order valence-corrected chi connectivity index (χ3v) is 4.58. The van der Waals surface area contributed by atoms with Gasteiger partial charge in [-0.15, -0.1) is 0 Å². The van der Waals surface area contributed by atoms with Crippen molar-refractivity contribution in [2.75, 3.05) is 5.32 Å². The Morgan fingerprint density at radius 1 is 1.04 bits per heavy atom. The number of hydrogen-bond donors (Lipinski definition) is 1. The number of fused-ring (bicyclic) bond motifs is 1. The zero-order chi connectivity index (χ0) is 16.7. The zero-order valence-electron chi connectivity index (χ0n) is 13.9. The summed E-state index contributed by atoms with van der Waals surface area (Å²) in [5, 5.41) is 5.56. The van der Waals surface area contributed by atoms with Gasteiger partial charge in [0.1, 0.15) is 11.6 Å². The van der Waals surface area contributed by atoms with Gasteiger partial charge in [-0.2, -0.15) is 0 Å². The molecule has 0 spiro atoms. The largest absolute Gasteiger partial charge is 0.344 e. The van der Waals surface area contributed by atoms with E-state index in [0.717, 1.165) is 33.3 Å². The Balaban J connectivity index is 1.71. The van der Waals surface area contributed by atoms with E-state index in [9.17, 15) is 4.39 Å². The van der Waals surface area contributed by atoms with Crippen LogP contribution >= 0.6 is 0 Å². The molecule has 0 aliphatic heterocycles. The molecule has 1 fully saturated rings. The minimum Gasteiger partial charge on any atom is -0.344 e. The maximum Gasteiger partial charge on any atom is 0.130 e. The highest BCUT2D eigenvalue weighted by molar-refractivity contribution is 5.88. The van der Waals surface area contributed by atoms with Crippen LogP contribution in [0, 0.1) is 12.7 Å². The lowest BCUT2D eigenvalue weighted by atomic mass is 9.98. The average molecular weight is 318 g/mol. The highest BCUT2D eigenvalue weighted by atomic mass is 19.1. The van der Waals surface area contributed by atoms with Crippen LogP contribution in [0.4, 0.5) is 10.2 Å². The van der Waals surface area contributed by atoms with Crippen molar-refractivity contribution in [1.82, 2.24) is 4.98 Å². The molecule has 24 heavy (non-hydrogen) atoms. The first-order chi connectivity index (χ1) is 11.6. The molecule has 2 aromatic carbocycles. The number of anilines is 1. The molecule has 0 radical (unpaired) electrons. The number of halogens is 1. The molecule has 120 valence electrons. The predicted octanol–water partition coefficient (Wildman–Crippen LogP) is 5.83. The molecule has 0 bridgehead atoms. The molecule has 1 saturated carbocycles. The van der Waals surface area contributed by atoms with Gasteiger partial charge in [0.25, 0.3) is 0 Å². The number of hydrogen-bond acceptors (Lipinski definition) is 2. The molecule has 1 aliphatic rings. The first-order valence-electron chi connectivity index (χ1n) is 8.22. The SMILES string of the molecule is CC(Nc1cc2ccc(-c3cc(F)ccc3C)cc2cn1)=C1CC1. The van der Waals surface area contributed by atoms with Crippen molar-refractivity contribution >= 4 is 16.6 Å². The van der Waals surface area contributed by atoms with E-state index in [4.69, 9.17) is 0 Å². The van der Waals surface area contributed by atoms with Gasteiger partial charge in [0.05, 0.1) is 0 Å². The summed E-state index contributed by atoms with van der Waals surface area (Å²) in [7, 11) is 0. The number of nitrogens with one attached hydrogen (secondary N) is 1. The lowest BCUT2D eigenvalue weighted by Gasteiger charge is -2.10. The first-order valence-corrected chi connectivity index (χ1v) is 8.22. The monoisotopic (exact) mass is 318 g/mol. The van der Waals surface area contributed by atoms with Crippen molar-refractivity contribution < 1.29 is 4.39 Å². The van der Waals surface area contributed by atoms with Crippen molar-refractivity contribution in [2.24, 2.45) is 0 Å². The number of allylic oxidation sites excluding steroid dienone is 2. The first kappa shape index (κ1) is 14.9. The Bertz CT molecular complexity index is 967. The standard InChI is InChI=1S/C21H19FN2/c1-13-3-8-19(22)11-20(13)17-7-6-16-10-21(23-12-18(16)9-17)24-14(2)15-4-5-15/h3,6-12H,4-5H2,1-2H3,(H,23,24). The number of aryl methyl sites for hydroxylation is 1. The third kappa shape index (κ3) is 2.90. The lowest BCUT2D eigenvalue weighted by molar-refractivity contribution is 0.628. The number of pyridine rings is 1. The predicted molar refractivity (Wildman–Crippen MR) is 97.4 cm³/mol. The van der Waals surface area contributed by atoms with Gasteiger partial charge in [-0.1, -0.05) is 23.8 Å². The second-order valence-corrected chi connectivity index (χ2v) is 6.44. The molecule has 0 saturated heterocycles. The molecule has 3 heteroatoms. The van der Waals surface area contributed by atoms with Gasteiger partial charge in [0.15, 0.2) is 0 Å². The van der Waals surface area contributed by atoms with Gasteiger partial charge >= 0.3 is 0 Å². The molecule has 0 amide bonds. The maximum absolute atomic E-state index is 13.6. The van der Waals surface area contributed by atoms with E-state index in [0.29, 0.717) is 0 Å². The lowest BCUT2D eigenvalue weighted by Crippen LogP contribution is -1.97. The summed E-state index contributed by atoms with van der Waals surface area (Å²) in [5.41, 5.74) is 5.70. The van der Waals surface area contributed by atoms with E-state index in [1.807, 2.05) is 25.3 Å². The zero-order valence-corrected chi connectivity index (χ0v) is 13.9. The number of benzene rings is 2. The van der Waals surface area contributed by atoms with Crippen molar-refractivity contribution in [3.05, 3.63) is 71.3 Å². The minimum atomic E-state index is -0.211. The highest BCUT2D eigenvalue weighted by Gasteiger charge is 2.15. The summed E-state index contributed by atoms with van der Waals surface area (Å²) in [6.07, 6.45) is 4.27. The third-order valence-electron chi connectivity index (χ3n) is 4.58. The summed E-state index contributed by atoms with van der Waals surface area (Å²) >= 11 is 0. The number of nitrogens with zero attached hydrogens (tertiary/aromatic N) is 1. The van der Waals surface area contributed by atoms with Crippen LogP contribution in [0.2, 0.25) is 0 Å². The second-order valence-electron chi connectivity index (χ2n) is 6.44. The molecule has 2 nitrogen and oxygen atoms in total. The molecular formula is C21H19FN2. The summed E-state index contributed by atoms with van der Waals surface area (Å²) in [4.78, 5) is 4.51. The van der Waals surface area contributed by atoms with Gasteiger partial charge in [-0.25, -0.2) is 9.37 Å². The Hall–Kier alpha value is -2.68. The smallest absolute Gasteiger partial charge is 0.130 e. The van der Waals surface area contributed by atoms with Crippen LogP contribution in [0.1, 0.15) is 25.3 Å². The topological polar surface area (TPSA) is 24.9 Å². The van der Waals surface area contributed by atoms with Gasteiger partial charge < -0.3 is 5.32 Å². The normalized spacial score (nSPS) is 13.2. The number of aromatic nitrogens is 1. The molecule has 0 unspecified atom stereocenters. The van der Waals surface area contributed by atoms with Crippen molar-refractivity contribution in [3.63, 3.8) is 0 Å². The Kier molecular flexibility index (Phi) is 3.57. The molecule has 1 aliphatic carbocycles. The van der Waals surface area contributed by atoms with Crippen LogP contribution in [-0.4, -0.2) is 4.98 Å². The van der Waals surface area contributed by atoms with Gasteiger partial charge in [0, 0.05) is 17.3 Å². The van der Waals surface area contributed by atoms with Crippen LogP contribution in [0.5, 0.6) is 0 Å². The van der Waals surface area contributed by atoms with E-state index in [1.165, 1.54) is 30.2 Å². The van der Waals surface area contributed by atoms with Crippen molar-refractivity contribution in [3.8, 4) is 11.1 Å². The Morgan fingerprint density at radius 2 is 1.88 bits per heavy atom. The quantitative estimate of drug-likeness (QED) is 0.657. The Morgan fingerprint density at radius 3 is 2.67 bits per heavy atom. The van der Waals surface area contributed by atoms with E-state index < -0.39 is 0 Å². The minimum absolute atomic E-state index is 0.211. The second kappa shape index (κ2) is 5.75. The van der Waals surface area contributed by atoms with Crippen molar-refractivity contribution in [2.45, 2.75) is 26.7 Å². The molecular weight excluding hydrogens is 299 g/mol. The van der Waals surface area contributed by atoms with E-state index in [2.05, 4.69) is 35.4 Å². The van der Waals surface area contributed by atoms with Gasteiger partial charge in [0.2, 0.25) is 0 Å². The van der Waals surface area contributed by atoms with E-state index >= 15 is 0 Å². The van der Waals surface area contributed by atoms with Gasteiger partial charge in [-0.3, -0.25) is 0 Å². The molecule has 4 rings (SSSR count). The summed E-state index contributed by atoms with van der Waals surface area (Å²) < 4.78 is 13.6. The fourth-order valence-corrected chi connectivity index (χ4v) is 3.00. The molecule has 1 heterocycles. The van der Waals surface area contributed by atoms with Gasteiger partial charge in [-0.05, 0) is 73.0 Å².